The number of hydrogen-bond donors (Lipinski definition) is 1. The molecule has 0 bridgehead atoms. The van der Waals surface area contributed by atoms with Gasteiger partial charge in [0.05, 0.1) is 0 Å². The monoisotopic (exact) mass is 319 g/mol. The van der Waals surface area contributed by atoms with Crippen molar-refractivity contribution in [3.63, 3.8) is 0 Å². The zero-order valence-corrected chi connectivity index (χ0v) is 16.1. The second-order valence-electron chi connectivity index (χ2n) is 6.75. The lowest BCUT2D eigenvalue weighted by atomic mass is 9.73. The van der Waals surface area contributed by atoms with Gasteiger partial charge in [0.2, 0.25) is 0 Å². The molecule has 0 saturated carbocycles. The fraction of sp³-hybridized carbons (Fsp3) is 1.00. The molecule has 0 heterocycles. The molecular formula is C19H42ClN. The topological polar surface area (TPSA) is 26.0 Å². The Labute approximate surface area is 141 Å². The highest BCUT2D eigenvalue weighted by Gasteiger charge is 2.32. The lowest BCUT2D eigenvalue weighted by Gasteiger charge is -2.38. The van der Waals surface area contributed by atoms with Crippen molar-refractivity contribution in [2.75, 3.05) is 0 Å². The van der Waals surface area contributed by atoms with Crippen molar-refractivity contribution < 1.29 is 0 Å². The first kappa shape index (κ1) is 23.5. The van der Waals surface area contributed by atoms with Crippen LogP contribution in [-0.4, -0.2) is 5.54 Å². The number of nitrogens with two attached hydrogens (primary N) is 1. The Morgan fingerprint density at radius 3 is 1.52 bits per heavy atom. The van der Waals surface area contributed by atoms with Crippen LogP contribution in [0.15, 0.2) is 0 Å². The first-order valence-electron chi connectivity index (χ1n) is 9.43. The number of hydrogen-bond acceptors (Lipinski definition) is 1. The van der Waals surface area contributed by atoms with Gasteiger partial charge >= 0.3 is 0 Å². The van der Waals surface area contributed by atoms with Gasteiger partial charge in [0.1, 0.15) is 0 Å². The van der Waals surface area contributed by atoms with Gasteiger partial charge in [-0.1, -0.05) is 91.9 Å². The van der Waals surface area contributed by atoms with Crippen LogP contribution in [0.2, 0.25) is 0 Å². The summed E-state index contributed by atoms with van der Waals surface area (Å²) in [5.41, 5.74) is 7.03. The maximum atomic E-state index is 6.92. The van der Waals surface area contributed by atoms with Gasteiger partial charge in [-0.25, -0.2) is 0 Å². The Hall–Kier alpha value is 0.250. The van der Waals surface area contributed by atoms with E-state index in [-0.39, 0.29) is 17.9 Å². The molecule has 2 heteroatoms. The van der Waals surface area contributed by atoms with Gasteiger partial charge in [0.25, 0.3) is 0 Å². The Balaban J connectivity index is 0. The molecule has 0 aromatic rings. The molecule has 21 heavy (non-hydrogen) atoms. The second-order valence-corrected chi connectivity index (χ2v) is 6.75. The third kappa shape index (κ3) is 10.6. The zero-order chi connectivity index (χ0) is 15.3. The van der Waals surface area contributed by atoms with Crippen molar-refractivity contribution in [1.82, 2.24) is 0 Å². The molecule has 1 unspecified atom stereocenters. The summed E-state index contributed by atoms with van der Waals surface area (Å²) in [7, 11) is 0. The molecule has 2 N–H and O–H groups in total. The van der Waals surface area contributed by atoms with Gasteiger partial charge in [-0.05, 0) is 25.2 Å². The van der Waals surface area contributed by atoms with Crippen LogP contribution in [0, 0.1) is 5.92 Å². The highest BCUT2D eigenvalue weighted by atomic mass is 35.5. The second kappa shape index (κ2) is 15.2. The van der Waals surface area contributed by atoms with Gasteiger partial charge in [0, 0.05) is 5.54 Å². The van der Waals surface area contributed by atoms with Crippen LogP contribution in [0.1, 0.15) is 111 Å². The minimum absolute atomic E-state index is 0. The maximum absolute atomic E-state index is 6.92. The van der Waals surface area contributed by atoms with Gasteiger partial charge in [-0.3, -0.25) is 0 Å². The summed E-state index contributed by atoms with van der Waals surface area (Å²) in [6.07, 6.45) is 17.1. The molecule has 1 atom stereocenters. The normalized spacial score (nSPS) is 13.0. The molecule has 0 rings (SSSR count). The van der Waals surface area contributed by atoms with E-state index < -0.39 is 0 Å². The molecule has 0 aliphatic rings. The van der Waals surface area contributed by atoms with E-state index in [1.807, 2.05) is 0 Å². The number of halogens is 1. The van der Waals surface area contributed by atoms with Gasteiger partial charge in [-0.15, -0.1) is 12.4 Å². The summed E-state index contributed by atoms with van der Waals surface area (Å²) in [6, 6.07) is 0. The minimum atomic E-state index is 0. The third-order valence-electron chi connectivity index (χ3n) is 4.95. The van der Waals surface area contributed by atoms with E-state index >= 15 is 0 Å². The molecule has 0 amide bonds. The quantitative estimate of drug-likeness (QED) is 0.347. The molecule has 0 aromatic heterocycles. The average molecular weight is 320 g/mol. The van der Waals surface area contributed by atoms with E-state index in [0.717, 1.165) is 5.92 Å². The summed E-state index contributed by atoms with van der Waals surface area (Å²) in [4.78, 5) is 0. The highest BCUT2D eigenvalue weighted by Crippen LogP contribution is 2.33. The minimum Gasteiger partial charge on any atom is -0.325 e. The average Bonchev–Trinajstić information content (AvgIpc) is 2.44. The fourth-order valence-corrected chi connectivity index (χ4v) is 3.48. The summed E-state index contributed by atoms with van der Waals surface area (Å²) < 4.78 is 0. The predicted octanol–water partition coefficient (Wildman–Crippen LogP) is 6.87. The molecule has 0 aromatic carbocycles. The van der Waals surface area contributed by atoms with E-state index in [0.29, 0.717) is 0 Å². The van der Waals surface area contributed by atoms with Crippen LogP contribution in [0.25, 0.3) is 0 Å². The van der Waals surface area contributed by atoms with Crippen LogP contribution in [-0.2, 0) is 0 Å². The molecule has 0 aliphatic carbocycles. The molecule has 0 fully saturated rings. The Morgan fingerprint density at radius 1 is 0.714 bits per heavy atom. The van der Waals surface area contributed by atoms with Crippen LogP contribution in [0.4, 0.5) is 0 Å². The first-order chi connectivity index (χ1) is 9.64. The van der Waals surface area contributed by atoms with Crippen molar-refractivity contribution in [1.29, 1.82) is 0 Å². The predicted molar refractivity (Wildman–Crippen MR) is 100 cm³/mol. The van der Waals surface area contributed by atoms with Crippen LogP contribution < -0.4 is 5.73 Å². The molecule has 0 spiro atoms. The van der Waals surface area contributed by atoms with Crippen molar-refractivity contribution in [2.45, 2.75) is 117 Å². The summed E-state index contributed by atoms with van der Waals surface area (Å²) in [5, 5.41) is 0. The van der Waals surface area contributed by atoms with Crippen molar-refractivity contribution in [3.05, 3.63) is 0 Å². The Bertz CT molecular complexity index is 196. The standard InChI is InChI=1S/C19H41N.ClH/c1-5-9-12-15-18(8-4)19(20,16-13-10-6-2)17-14-11-7-3;/h18H,5-17,20H2,1-4H3;1H. The van der Waals surface area contributed by atoms with Crippen molar-refractivity contribution >= 4 is 12.4 Å². The molecular weight excluding hydrogens is 278 g/mol. The fourth-order valence-electron chi connectivity index (χ4n) is 3.48. The molecule has 0 radical (unpaired) electrons. The van der Waals surface area contributed by atoms with E-state index in [2.05, 4.69) is 27.7 Å². The Morgan fingerprint density at radius 2 is 1.14 bits per heavy atom. The van der Waals surface area contributed by atoms with Gasteiger partial charge in [0.15, 0.2) is 0 Å². The zero-order valence-electron chi connectivity index (χ0n) is 15.3. The molecule has 1 nitrogen and oxygen atoms in total. The maximum Gasteiger partial charge on any atom is 0.0182 e. The number of rotatable bonds is 14. The summed E-state index contributed by atoms with van der Waals surface area (Å²) in [6.45, 7) is 9.21. The van der Waals surface area contributed by atoms with Crippen molar-refractivity contribution in [3.8, 4) is 0 Å². The van der Waals surface area contributed by atoms with E-state index in [9.17, 15) is 0 Å². The van der Waals surface area contributed by atoms with Crippen LogP contribution in [0.5, 0.6) is 0 Å². The smallest absolute Gasteiger partial charge is 0.0182 e. The SMILES string of the molecule is CCCCCC(CC)C(N)(CCCCC)CCCCC.Cl. The van der Waals surface area contributed by atoms with Crippen LogP contribution in [0.3, 0.4) is 0 Å². The lowest BCUT2D eigenvalue weighted by Crippen LogP contribution is -2.47. The van der Waals surface area contributed by atoms with E-state index in [4.69, 9.17) is 5.73 Å². The first-order valence-corrected chi connectivity index (χ1v) is 9.43. The summed E-state index contributed by atoms with van der Waals surface area (Å²) >= 11 is 0. The highest BCUT2D eigenvalue weighted by molar-refractivity contribution is 5.85. The third-order valence-corrected chi connectivity index (χ3v) is 4.95. The lowest BCUT2D eigenvalue weighted by molar-refractivity contribution is 0.200. The largest absolute Gasteiger partial charge is 0.325 e. The van der Waals surface area contributed by atoms with E-state index in [1.54, 1.807) is 0 Å². The van der Waals surface area contributed by atoms with Crippen LogP contribution >= 0.6 is 12.4 Å². The molecule has 0 saturated heterocycles. The Kier molecular flexibility index (Phi) is 17.0. The molecule has 130 valence electrons. The van der Waals surface area contributed by atoms with Gasteiger partial charge < -0.3 is 5.73 Å². The molecule has 0 aliphatic heterocycles. The summed E-state index contributed by atoms with van der Waals surface area (Å²) in [5.74, 6) is 0.739. The van der Waals surface area contributed by atoms with Gasteiger partial charge in [-0.2, -0.15) is 0 Å². The number of unbranched alkanes of at least 4 members (excludes halogenated alkanes) is 6. The van der Waals surface area contributed by atoms with E-state index in [1.165, 1.54) is 83.5 Å². The van der Waals surface area contributed by atoms with Crippen molar-refractivity contribution in [2.24, 2.45) is 11.7 Å².